The molecule has 2 N–H and O–H groups in total. The van der Waals surface area contributed by atoms with Crippen LogP contribution in [0.15, 0.2) is 12.4 Å². The van der Waals surface area contributed by atoms with Crippen molar-refractivity contribution in [3.63, 3.8) is 0 Å². The SMILES string of the molecule is Nc1cncc(C(=O)N2CCCN3CCCC3C2)n1. The van der Waals surface area contributed by atoms with Crippen LogP contribution in [0.5, 0.6) is 0 Å². The number of nitrogens with two attached hydrogens (primary N) is 1. The van der Waals surface area contributed by atoms with Crippen LogP contribution in [-0.4, -0.2) is 57.9 Å². The van der Waals surface area contributed by atoms with Crippen molar-refractivity contribution in [2.45, 2.75) is 25.3 Å². The lowest BCUT2D eigenvalue weighted by atomic mass is 10.2. The van der Waals surface area contributed by atoms with Crippen molar-refractivity contribution >= 4 is 11.7 Å². The maximum Gasteiger partial charge on any atom is 0.274 e. The Labute approximate surface area is 112 Å². The van der Waals surface area contributed by atoms with E-state index in [1.165, 1.54) is 31.8 Å². The van der Waals surface area contributed by atoms with Crippen molar-refractivity contribution in [1.29, 1.82) is 0 Å². The van der Waals surface area contributed by atoms with Crippen molar-refractivity contribution in [3.05, 3.63) is 18.1 Å². The highest BCUT2D eigenvalue weighted by atomic mass is 16.2. The molecule has 0 aromatic carbocycles. The molecule has 1 unspecified atom stereocenters. The molecule has 19 heavy (non-hydrogen) atoms. The average molecular weight is 261 g/mol. The van der Waals surface area contributed by atoms with E-state index in [9.17, 15) is 4.79 Å². The van der Waals surface area contributed by atoms with Crippen LogP contribution in [0.1, 0.15) is 29.8 Å². The van der Waals surface area contributed by atoms with Gasteiger partial charge in [-0.2, -0.15) is 0 Å². The summed E-state index contributed by atoms with van der Waals surface area (Å²) < 4.78 is 0. The third kappa shape index (κ3) is 2.53. The largest absolute Gasteiger partial charge is 0.382 e. The van der Waals surface area contributed by atoms with Crippen molar-refractivity contribution in [2.75, 3.05) is 31.9 Å². The first-order valence-electron chi connectivity index (χ1n) is 6.85. The van der Waals surface area contributed by atoms with Crippen LogP contribution in [-0.2, 0) is 0 Å². The molecule has 0 bridgehead atoms. The van der Waals surface area contributed by atoms with E-state index >= 15 is 0 Å². The van der Waals surface area contributed by atoms with Gasteiger partial charge in [0.05, 0.1) is 12.4 Å². The van der Waals surface area contributed by atoms with Gasteiger partial charge in [-0.15, -0.1) is 0 Å². The van der Waals surface area contributed by atoms with Gasteiger partial charge in [0.2, 0.25) is 0 Å². The Hall–Kier alpha value is -1.69. The number of anilines is 1. The number of hydrogen-bond donors (Lipinski definition) is 1. The molecule has 6 nitrogen and oxygen atoms in total. The molecule has 2 aliphatic heterocycles. The van der Waals surface area contributed by atoms with Gasteiger partial charge in [-0.1, -0.05) is 0 Å². The molecule has 1 amide bonds. The normalized spacial score (nSPS) is 24.0. The molecular formula is C13H19N5O. The second-order valence-electron chi connectivity index (χ2n) is 5.27. The number of nitrogen functional groups attached to an aromatic ring is 1. The highest BCUT2D eigenvalue weighted by Gasteiger charge is 2.31. The van der Waals surface area contributed by atoms with Gasteiger partial charge in [-0.05, 0) is 25.8 Å². The zero-order chi connectivity index (χ0) is 13.2. The Morgan fingerprint density at radius 1 is 1.26 bits per heavy atom. The van der Waals surface area contributed by atoms with Crippen molar-refractivity contribution in [2.24, 2.45) is 0 Å². The van der Waals surface area contributed by atoms with Crippen LogP contribution in [0.2, 0.25) is 0 Å². The van der Waals surface area contributed by atoms with E-state index in [0.717, 1.165) is 26.1 Å². The maximum atomic E-state index is 12.4. The third-order valence-electron chi connectivity index (χ3n) is 3.96. The number of rotatable bonds is 1. The topological polar surface area (TPSA) is 75.3 Å². The summed E-state index contributed by atoms with van der Waals surface area (Å²) in [4.78, 5) is 24.9. The molecule has 1 aromatic heterocycles. The van der Waals surface area contributed by atoms with E-state index in [-0.39, 0.29) is 5.91 Å². The number of nitrogens with zero attached hydrogens (tertiary/aromatic N) is 4. The average Bonchev–Trinajstić information content (AvgIpc) is 2.75. The Morgan fingerprint density at radius 3 is 2.95 bits per heavy atom. The van der Waals surface area contributed by atoms with E-state index < -0.39 is 0 Å². The fourth-order valence-corrected chi connectivity index (χ4v) is 3.04. The highest BCUT2D eigenvalue weighted by Crippen LogP contribution is 2.22. The molecule has 0 radical (unpaired) electrons. The van der Waals surface area contributed by atoms with Crippen LogP contribution in [0.25, 0.3) is 0 Å². The second kappa shape index (κ2) is 5.13. The number of carbonyl (C=O) groups is 1. The highest BCUT2D eigenvalue weighted by molar-refractivity contribution is 5.92. The second-order valence-corrected chi connectivity index (χ2v) is 5.27. The first-order valence-corrected chi connectivity index (χ1v) is 6.85. The summed E-state index contributed by atoms with van der Waals surface area (Å²) in [6.45, 7) is 3.86. The Balaban J connectivity index is 1.75. The molecule has 2 aliphatic rings. The lowest BCUT2D eigenvalue weighted by molar-refractivity contribution is 0.0737. The molecule has 1 aromatic rings. The zero-order valence-corrected chi connectivity index (χ0v) is 11.0. The van der Waals surface area contributed by atoms with E-state index in [0.29, 0.717) is 17.6 Å². The zero-order valence-electron chi connectivity index (χ0n) is 11.0. The number of amides is 1. The van der Waals surface area contributed by atoms with Crippen LogP contribution in [0.4, 0.5) is 5.82 Å². The minimum absolute atomic E-state index is 0.0476. The van der Waals surface area contributed by atoms with Crippen LogP contribution in [0.3, 0.4) is 0 Å². The third-order valence-corrected chi connectivity index (χ3v) is 3.96. The first kappa shape index (κ1) is 12.3. The lowest BCUT2D eigenvalue weighted by Gasteiger charge is -2.25. The van der Waals surface area contributed by atoms with Gasteiger partial charge in [0.25, 0.3) is 5.91 Å². The number of hydrogen-bond acceptors (Lipinski definition) is 5. The van der Waals surface area contributed by atoms with E-state index in [4.69, 9.17) is 5.73 Å². The van der Waals surface area contributed by atoms with Gasteiger partial charge in [0.1, 0.15) is 11.5 Å². The summed E-state index contributed by atoms with van der Waals surface area (Å²) >= 11 is 0. The Morgan fingerprint density at radius 2 is 2.11 bits per heavy atom. The smallest absolute Gasteiger partial charge is 0.274 e. The Kier molecular flexibility index (Phi) is 3.33. The fourth-order valence-electron chi connectivity index (χ4n) is 3.04. The van der Waals surface area contributed by atoms with E-state index in [1.54, 1.807) is 0 Å². The van der Waals surface area contributed by atoms with E-state index in [2.05, 4.69) is 14.9 Å². The van der Waals surface area contributed by atoms with Crippen molar-refractivity contribution in [1.82, 2.24) is 19.8 Å². The van der Waals surface area contributed by atoms with Gasteiger partial charge < -0.3 is 10.6 Å². The van der Waals surface area contributed by atoms with Crippen molar-refractivity contribution in [3.8, 4) is 0 Å². The van der Waals surface area contributed by atoms with Gasteiger partial charge in [0.15, 0.2) is 0 Å². The number of fused-ring (bicyclic) bond motifs is 1. The van der Waals surface area contributed by atoms with Gasteiger partial charge >= 0.3 is 0 Å². The maximum absolute atomic E-state index is 12.4. The number of carbonyl (C=O) groups excluding carboxylic acids is 1. The van der Waals surface area contributed by atoms with Gasteiger partial charge in [0, 0.05) is 25.7 Å². The van der Waals surface area contributed by atoms with Crippen LogP contribution >= 0.6 is 0 Å². The van der Waals surface area contributed by atoms with Gasteiger partial charge in [-0.25, -0.2) is 4.98 Å². The lowest BCUT2D eigenvalue weighted by Crippen LogP contribution is -2.40. The Bertz CT molecular complexity index is 478. The quantitative estimate of drug-likeness (QED) is 0.790. The minimum atomic E-state index is -0.0476. The molecule has 1 atom stereocenters. The van der Waals surface area contributed by atoms with Crippen LogP contribution in [0, 0.1) is 0 Å². The van der Waals surface area contributed by atoms with E-state index in [1.807, 2.05) is 4.90 Å². The molecule has 3 rings (SSSR count). The monoisotopic (exact) mass is 261 g/mol. The summed E-state index contributed by atoms with van der Waals surface area (Å²) in [6, 6.07) is 0.514. The first-order chi connectivity index (χ1) is 9.24. The molecule has 102 valence electrons. The molecular weight excluding hydrogens is 242 g/mol. The van der Waals surface area contributed by atoms with Crippen LogP contribution < -0.4 is 5.73 Å². The molecule has 0 aliphatic carbocycles. The fraction of sp³-hybridized carbons (Fsp3) is 0.615. The predicted molar refractivity (Wildman–Crippen MR) is 71.6 cm³/mol. The predicted octanol–water partition coefficient (Wildman–Crippen LogP) is 0.369. The summed E-state index contributed by atoms with van der Waals surface area (Å²) in [6.07, 6.45) is 6.41. The molecule has 2 saturated heterocycles. The molecule has 6 heteroatoms. The number of aromatic nitrogens is 2. The summed E-state index contributed by atoms with van der Waals surface area (Å²) in [7, 11) is 0. The summed E-state index contributed by atoms with van der Waals surface area (Å²) in [5.41, 5.74) is 5.94. The van der Waals surface area contributed by atoms with Crippen molar-refractivity contribution < 1.29 is 4.79 Å². The standard InChI is InChI=1S/C13H19N5O/c14-12-8-15-7-11(16-12)13(19)18-6-2-5-17-4-1-3-10(17)9-18/h7-8,10H,1-6,9H2,(H2,14,16). The summed E-state index contributed by atoms with van der Waals surface area (Å²) in [5, 5.41) is 0. The molecule has 2 fully saturated rings. The minimum Gasteiger partial charge on any atom is -0.382 e. The molecule has 0 spiro atoms. The molecule has 0 saturated carbocycles. The summed E-state index contributed by atoms with van der Waals surface area (Å²) in [5.74, 6) is 0.247. The molecule has 3 heterocycles. The van der Waals surface area contributed by atoms with Gasteiger partial charge in [-0.3, -0.25) is 14.7 Å².